The van der Waals surface area contributed by atoms with Crippen LogP contribution in [0.2, 0.25) is 0 Å². The first-order valence-electron chi connectivity index (χ1n) is 8.12. The topological polar surface area (TPSA) is 38.0 Å². The molecular formula is C18H32N2. The van der Waals surface area contributed by atoms with Crippen LogP contribution in [0.25, 0.3) is 0 Å². The van der Waals surface area contributed by atoms with Crippen LogP contribution in [-0.2, 0) is 0 Å². The van der Waals surface area contributed by atoms with Gasteiger partial charge in [-0.15, -0.1) is 0 Å². The summed E-state index contributed by atoms with van der Waals surface area (Å²) < 4.78 is 0. The highest BCUT2D eigenvalue weighted by Gasteiger charge is 2.21. The summed E-state index contributed by atoms with van der Waals surface area (Å²) in [5, 5.41) is 3.79. The highest BCUT2D eigenvalue weighted by atomic mass is 14.9. The summed E-state index contributed by atoms with van der Waals surface area (Å²) >= 11 is 0. The highest BCUT2D eigenvalue weighted by Crippen LogP contribution is 2.27. The van der Waals surface area contributed by atoms with Crippen LogP contribution in [0.1, 0.15) is 52.1 Å². The largest absolute Gasteiger partial charge is 0.330 e. The molecule has 0 saturated carbocycles. The molecular weight excluding hydrogens is 244 g/mol. The molecule has 1 rings (SSSR count). The molecule has 2 unspecified atom stereocenters. The molecule has 2 nitrogen and oxygen atoms in total. The zero-order valence-corrected chi connectivity index (χ0v) is 13.6. The Bertz CT molecular complexity index is 344. The van der Waals surface area contributed by atoms with Gasteiger partial charge in [-0.2, -0.15) is 0 Å². The molecule has 0 bridgehead atoms. The van der Waals surface area contributed by atoms with Gasteiger partial charge in [0.15, 0.2) is 0 Å². The molecule has 1 aromatic rings. The third-order valence-corrected chi connectivity index (χ3v) is 4.52. The van der Waals surface area contributed by atoms with E-state index in [0.717, 1.165) is 13.1 Å². The Morgan fingerprint density at radius 2 is 1.60 bits per heavy atom. The van der Waals surface area contributed by atoms with E-state index >= 15 is 0 Å². The minimum atomic E-state index is 0.444. The van der Waals surface area contributed by atoms with Gasteiger partial charge in [-0.3, -0.25) is 0 Å². The zero-order chi connectivity index (χ0) is 15.0. The Balaban J connectivity index is 2.78. The predicted octanol–water partition coefficient (Wildman–Crippen LogP) is 3.98. The van der Waals surface area contributed by atoms with Gasteiger partial charge < -0.3 is 11.1 Å². The number of hydrogen-bond donors (Lipinski definition) is 2. The van der Waals surface area contributed by atoms with Gasteiger partial charge in [0.1, 0.15) is 0 Å². The normalized spacial score (nSPS) is 14.8. The molecule has 2 atom stereocenters. The second-order valence-corrected chi connectivity index (χ2v) is 6.11. The molecule has 0 aliphatic rings. The van der Waals surface area contributed by atoms with E-state index in [1.807, 2.05) is 0 Å². The summed E-state index contributed by atoms with van der Waals surface area (Å²) in [6.45, 7) is 10.9. The molecule has 1 aromatic carbocycles. The van der Waals surface area contributed by atoms with Crippen molar-refractivity contribution in [3.8, 4) is 0 Å². The summed E-state index contributed by atoms with van der Waals surface area (Å²) in [5.74, 6) is 1.86. The Hall–Kier alpha value is -0.860. The van der Waals surface area contributed by atoms with Crippen LogP contribution < -0.4 is 11.1 Å². The van der Waals surface area contributed by atoms with Gasteiger partial charge in [0, 0.05) is 6.04 Å². The molecule has 2 heteroatoms. The average Bonchev–Trinajstić information content (AvgIpc) is 2.47. The van der Waals surface area contributed by atoms with Crippen LogP contribution in [0, 0.1) is 17.8 Å². The first-order valence-corrected chi connectivity index (χ1v) is 8.12. The lowest BCUT2D eigenvalue weighted by molar-refractivity contribution is 0.293. The molecule has 0 saturated heterocycles. The third-order valence-electron chi connectivity index (χ3n) is 4.52. The third kappa shape index (κ3) is 4.92. The van der Waals surface area contributed by atoms with E-state index in [1.54, 1.807) is 0 Å². The van der Waals surface area contributed by atoms with Crippen LogP contribution in [-0.4, -0.2) is 13.1 Å². The molecule has 3 N–H and O–H groups in total. The van der Waals surface area contributed by atoms with Gasteiger partial charge >= 0.3 is 0 Å². The fraction of sp³-hybridized carbons (Fsp3) is 0.667. The maximum Gasteiger partial charge on any atom is 0.0348 e. The van der Waals surface area contributed by atoms with Crippen LogP contribution in [0.3, 0.4) is 0 Å². The van der Waals surface area contributed by atoms with E-state index in [1.165, 1.54) is 18.4 Å². The molecule has 0 amide bonds. The van der Waals surface area contributed by atoms with E-state index in [2.05, 4.69) is 63.3 Å². The first kappa shape index (κ1) is 17.2. The van der Waals surface area contributed by atoms with E-state index < -0.39 is 0 Å². The Kier molecular flexibility index (Phi) is 7.86. The van der Waals surface area contributed by atoms with E-state index in [0.29, 0.717) is 23.8 Å². The Labute approximate surface area is 125 Å². The van der Waals surface area contributed by atoms with Gasteiger partial charge in [-0.05, 0) is 36.4 Å². The monoisotopic (exact) mass is 276 g/mol. The van der Waals surface area contributed by atoms with Crippen molar-refractivity contribution in [3.05, 3.63) is 35.9 Å². The van der Waals surface area contributed by atoms with Crippen molar-refractivity contribution in [3.63, 3.8) is 0 Å². The lowest BCUT2D eigenvalue weighted by Crippen LogP contribution is -2.36. The molecule has 114 valence electrons. The van der Waals surface area contributed by atoms with Crippen LogP contribution in [0.5, 0.6) is 0 Å². The molecule has 0 aromatic heterocycles. The second kappa shape index (κ2) is 9.15. The predicted molar refractivity (Wildman–Crippen MR) is 88.6 cm³/mol. The smallest absolute Gasteiger partial charge is 0.0348 e. The number of rotatable bonds is 9. The second-order valence-electron chi connectivity index (χ2n) is 6.11. The van der Waals surface area contributed by atoms with E-state index in [4.69, 9.17) is 5.73 Å². The highest BCUT2D eigenvalue weighted by molar-refractivity contribution is 5.19. The van der Waals surface area contributed by atoms with Gasteiger partial charge in [0.2, 0.25) is 0 Å². The molecule has 0 aliphatic heterocycles. The summed E-state index contributed by atoms with van der Waals surface area (Å²) in [7, 11) is 0. The first-order chi connectivity index (χ1) is 9.63. The van der Waals surface area contributed by atoms with Crippen LogP contribution in [0.15, 0.2) is 30.3 Å². The minimum absolute atomic E-state index is 0.444. The molecule has 0 radical (unpaired) electrons. The van der Waals surface area contributed by atoms with Crippen molar-refractivity contribution < 1.29 is 0 Å². The molecule has 0 spiro atoms. The fourth-order valence-corrected chi connectivity index (χ4v) is 2.85. The Morgan fingerprint density at radius 1 is 1.00 bits per heavy atom. The van der Waals surface area contributed by atoms with Gasteiger partial charge in [-0.1, -0.05) is 70.9 Å². The molecule has 0 aliphatic carbocycles. The summed E-state index contributed by atoms with van der Waals surface area (Å²) in [6, 6.07) is 11.3. The summed E-state index contributed by atoms with van der Waals surface area (Å²) in [5.41, 5.74) is 7.30. The van der Waals surface area contributed by atoms with Crippen molar-refractivity contribution in [2.75, 3.05) is 13.1 Å². The number of hydrogen-bond acceptors (Lipinski definition) is 2. The maximum absolute atomic E-state index is 5.90. The number of nitrogens with one attached hydrogen (secondary N) is 1. The van der Waals surface area contributed by atoms with Crippen molar-refractivity contribution in [1.29, 1.82) is 0 Å². The van der Waals surface area contributed by atoms with Crippen molar-refractivity contribution >= 4 is 0 Å². The number of benzene rings is 1. The zero-order valence-electron chi connectivity index (χ0n) is 13.6. The van der Waals surface area contributed by atoms with Crippen molar-refractivity contribution in [2.24, 2.45) is 23.5 Å². The standard InChI is InChI=1S/C18H32N2/c1-5-15(6-2)18(16-10-8-7-9-11-16)20-13-17(12-19)14(3)4/h7-11,14-15,17-18,20H,5-6,12-13,19H2,1-4H3. The minimum Gasteiger partial charge on any atom is -0.330 e. The van der Waals surface area contributed by atoms with Gasteiger partial charge in [0.05, 0.1) is 0 Å². The van der Waals surface area contributed by atoms with Gasteiger partial charge in [0.25, 0.3) is 0 Å². The lowest BCUT2D eigenvalue weighted by atomic mass is 9.87. The average molecular weight is 276 g/mol. The van der Waals surface area contributed by atoms with Crippen LogP contribution >= 0.6 is 0 Å². The van der Waals surface area contributed by atoms with E-state index in [9.17, 15) is 0 Å². The lowest BCUT2D eigenvalue weighted by Gasteiger charge is -2.30. The Morgan fingerprint density at radius 3 is 2.05 bits per heavy atom. The van der Waals surface area contributed by atoms with E-state index in [-0.39, 0.29) is 0 Å². The quantitative estimate of drug-likeness (QED) is 0.716. The fourth-order valence-electron chi connectivity index (χ4n) is 2.85. The van der Waals surface area contributed by atoms with Crippen LogP contribution in [0.4, 0.5) is 0 Å². The van der Waals surface area contributed by atoms with Gasteiger partial charge in [-0.25, -0.2) is 0 Å². The maximum atomic E-state index is 5.90. The SMILES string of the molecule is CCC(CC)C(NCC(CN)C(C)C)c1ccccc1. The molecule has 0 fully saturated rings. The summed E-state index contributed by atoms with van der Waals surface area (Å²) in [4.78, 5) is 0. The molecule has 20 heavy (non-hydrogen) atoms. The van der Waals surface area contributed by atoms with Crippen molar-refractivity contribution in [2.45, 2.75) is 46.6 Å². The number of nitrogens with two attached hydrogens (primary N) is 1. The molecule has 0 heterocycles. The summed E-state index contributed by atoms with van der Waals surface area (Å²) in [6.07, 6.45) is 2.41. The van der Waals surface area contributed by atoms with Crippen molar-refractivity contribution in [1.82, 2.24) is 5.32 Å².